The van der Waals surface area contributed by atoms with Crippen molar-refractivity contribution in [2.45, 2.75) is 51.5 Å². The van der Waals surface area contributed by atoms with E-state index in [9.17, 15) is 0 Å². The number of nitrogens with one attached hydrogen (secondary N) is 1. The quantitative estimate of drug-likeness (QED) is 0.867. The Kier molecular flexibility index (Phi) is 5.92. The zero-order valence-electron chi connectivity index (χ0n) is 11.8. The van der Waals surface area contributed by atoms with E-state index in [1.54, 1.807) is 0 Å². The van der Waals surface area contributed by atoms with E-state index in [0.29, 0.717) is 0 Å². The van der Waals surface area contributed by atoms with Crippen LogP contribution in [0.15, 0.2) is 4.47 Å². The zero-order chi connectivity index (χ0) is 13.8. The fourth-order valence-electron chi connectivity index (χ4n) is 1.32. The van der Waals surface area contributed by atoms with Crippen LogP contribution in [0, 0.1) is 6.92 Å². The molecular weight excluding hydrogens is 310 g/mol. The van der Waals surface area contributed by atoms with E-state index in [0.717, 1.165) is 40.5 Å². The number of halogens is 1. The van der Waals surface area contributed by atoms with Gasteiger partial charge in [0, 0.05) is 11.3 Å². The summed E-state index contributed by atoms with van der Waals surface area (Å²) in [6, 6.07) is 0. The molecule has 0 aliphatic carbocycles. The number of hydrogen-bond acceptors (Lipinski definition) is 4. The Bertz CT molecular complexity index is 402. The van der Waals surface area contributed by atoms with Crippen molar-refractivity contribution in [2.24, 2.45) is 0 Å². The summed E-state index contributed by atoms with van der Waals surface area (Å²) in [6.07, 6.45) is 1.08. The van der Waals surface area contributed by atoms with Crippen molar-refractivity contribution in [2.75, 3.05) is 11.9 Å². The largest absolute Gasteiger partial charge is 0.369 e. The molecule has 1 heterocycles. The maximum Gasteiger partial charge on any atom is 0.144 e. The molecular formula is C13H22BrN3S. The monoisotopic (exact) mass is 331 g/mol. The van der Waals surface area contributed by atoms with Gasteiger partial charge in [-0.15, -0.1) is 11.8 Å². The number of thioether (sulfide) groups is 1. The average Bonchev–Trinajstić information content (AvgIpc) is 2.28. The summed E-state index contributed by atoms with van der Waals surface area (Å²) in [7, 11) is 0. The smallest absolute Gasteiger partial charge is 0.144 e. The molecule has 0 aromatic carbocycles. The van der Waals surface area contributed by atoms with Crippen LogP contribution in [0.3, 0.4) is 0 Å². The molecule has 1 rings (SSSR count). The SMILES string of the molecule is CCCNc1nc(CSC(C)(C)C)nc(C)c1Br. The lowest BCUT2D eigenvalue weighted by molar-refractivity contribution is 0.799. The summed E-state index contributed by atoms with van der Waals surface area (Å²) in [4.78, 5) is 9.11. The topological polar surface area (TPSA) is 37.8 Å². The van der Waals surface area contributed by atoms with E-state index < -0.39 is 0 Å². The van der Waals surface area contributed by atoms with E-state index >= 15 is 0 Å². The van der Waals surface area contributed by atoms with Crippen LogP contribution in [0.4, 0.5) is 5.82 Å². The molecule has 0 fully saturated rings. The molecule has 0 saturated carbocycles. The van der Waals surface area contributed by atoms with Gasteiger partial charge in [0.05, 0.1) is 15.9 Å². The predicted octanol–water partition coefficient (Wildman–Crippen LogP) is 4.40. The Hall–Kier alpha value is -0.290. The highest BCUT2D eigenvalue weighted by Gasteiger charge is 2.14. The molecule has 102 valence electrons. The lowest BCUT2D eigenvalue weighted by atomic mass is 10.3. The molecule has 0 unspecified atom stereocenters. The van der Waals surface area contributed by atoms with Gasteiger partial charge >= 0.3 is 0 Å². The minimum absolute atomic E-state index is 0.237. The van der Waals surface area contributed by atoms with Crippen LogP contribution < -0.4 is 5.32 Å². The van der Waals surface area contributed by atoms with E-state index in [1.807, 2.05) is 18.7 Å². The molecule has 0 aliphatic heterocycles. The zero-order valence-corrected chi connectivity index (χ0v) is 14.2. The Balaban J connectivity index is 2.83. The van der Waals surface area contributed by atoms with Crippen molar-refractivity contribution in [3.8, 4) is 0 Å². The number of aromatic nitrogens is 2. The van der Waals surface area contributed by atoms with Crippen LogP contribution in [-0.4, -0.2) is 21.3 Å². The average molecular weight is 332 g/mol. The Morgan fingerprint density at radius 3 is 2.50 bits per heavy atom. The highest BCUT2D eigenvalue weighted by Crippen LogP contribution is 2.28. The maximum atomic E-state index is 4.58. The third-order valence-corrected chi connectivity index (χ3v) is 4.46. The van der Waals surface area contributed by atoms with Crippen molar-refractivity contribution < 1.29 is 0 Å². The number of aryl methyl sites for hydroxylation is 1. The highest BCUT2D eigenvalue weighted by molar-refractivity contribution is 9.10. The molecule has 0 aliphatic rings. The van der Waals surface area contributed by atoms with E-state index in [1.165, 1.54) is 0 Å². The maximum absolute atomic E-state index is 4.58. The number of anilines is 1. The van der Waals surface area contributed by atoms with Gasteiger partial charge in [0.2, 0.25) is 0 Å². The van der Waals surface area contributed by atoms with Gasteiger partial charge in [0.25, 0.3) is 0 Å². The summed E-state index contributed by atoms with van der Waals surface area (Å²) < 4.78 is 1.21. The molecule has 0 saturated heterocycles. The molecule has 1 aromatic rings. The minimum Gasteiger partial charge on any atom is -0.369 e. The standard InChI is InChI=1S/C13H22BrN3S/c1-6-7-15-12-11(14)9(2)16-10(17-12)8-18-13(3,4)5/h6-8H2,1-5H3,(H,15,16,17). The van der Waals surface area contributed by atoms with E-state index in [-0.39, 0.29) is 4.75 Å². The number of nitrogens with zero attached hydrogens (tertiary/aromatic N) is 2. The summed E-state index contributed by atoms with van der Waals surface area (Å²) in [5.74, 6) is 2.65. The Morgan fingerprint density at radius 1 is 1.28 bits per heavy atom. The van der Waals surface area contributed by atoms with Crippen molar-refractivity contribution in [1.82, 2.24) is 9.97 Å². The van der Waals surface area contributed by atoms with Crippen LogP contribution in [0.2, 0.25) is 0 Å². The third kappa shape index (κ3) is 5.14. The summed E-state index contributed by atoms with van der Waals surface area (Å²) in [5.41, 5.74) is 0.994. The van der Waals surface area contributed by atoms with Crippen molar-refractivity contribution in [1.29, 1.82) is 0 Å². The Labute approximate surface area is 123 Å². The summed E-state index contributed by atoms with van der Waals surface area (Å²) in [5, 5.41) is 3.33. The van der Waals surface area contributed by atoms with Gasteiger partial charge in [-0.05, 0) is 29.3 Å². The fourth-order valence-corrected chi connectivity index (χ4v) is 2.33. The molecule has 3 nitrogen and oxygen atoms in total. The first-order chi connectivity index (χ1) is 8.33. The van der Waals surface area contributed by atoms with Gasteiger partial charge in [0.1, 0.15) is 11.6 Å². The van der Waals surface area contributed by atoms with Crippen LogP contribution in [0.5, 0.6) is 0 Å². The van der Waals surface area contributed by atoms with Gasteiger partial charge in [-0.1, -0.05) is 27.7 Å². The lowest BCUT2D eigenvalue weighted by Crippen LogP contribution is -2.11. The number of hydrogen-bond donors (Lipinski definition) is 1. The summed E-state index contributed by atoms with van der Waals surface area (Å²) >= 11 is 5.41. The highest BCUT2D eigenvalue weighted by atomic mass is 79.9. The van der Waals surface area contributed by atoms with Crippen LogP contribution >= 0.6 is 27.7 Å². The van der Waals surface area contributed by atoms with Gasteiger partial charge in [-0.2, -0.15) is 0 Å². The van der Waals surface area contributed by atoms with Gasteiger partial charge in [-0.25, -0.2) is 9.97 Å². The lowest BCUT2D eigenvalue weighted by Gasteiger charge is -2.17. The normalized spacial score (nSPS) is 11.7. The first kappa shape index (κ1) is 15.8. The molecule has 0 radical (unpaired) electrons. The molecule has 0 spiro atoms. The fraction of sp³-hybridized carbons (Fsp3) is 0.692. The molecule has 0 atom stereocenters. The minimum atomic E-state index is 0.237. The second-order valence-electron chi connectivity index (χ2n) is 5.22. The molecule has 1 aromatic heterocycles. The van der Waals surface area contributed by atoms with Crippen molar-refractivity contribution >= 4 is 33.5 Å². The van der Waals surface area contributed by atoms with Gasteiger partial charge in [0.15, 0.2) is 0 Å². The predicted molar refractivity (Wildman–Crippen MR) is 84.3 cm³/mol. The second-order valence-corrected chi connectivity index (χ2v) is 7.81. The first-order valence-electron chi connectivity index (χ1n) is 6.24. The van der Waals surface area contributed by atoms with Crippen LogP contribution in [-0.2, 0) is 5.75 Å². The second kappa shape index (κ2) is 6.75. The van der Waals surface area contributed by atoms with Crippen molar-refractivity contribution in [3.05, 3.63) is 16.0 Å². The molecule has 5 heteroatoms. The van der Waals surface area contributed by atoms with E-state index in [4.69, 9.17) is 0 Å². The third-order valence-electron chi connectivity index (χ3n) is 2.24. The molecule has 1 N–H and O–H groups in total. The molecule has 0 bridgehead atoms. The first-order valence-corrected chi connectivity index (χ1v) is 8.02. The Morgan fingerprint density at radius 2 is 1.94 bits per heavy atom. The van der Waals surface area contributed by atoms with Gasteiger partial charge < -0.3 is 5.32 Å². The van der Waals surface area contributed by atoms with Crippen LogP contribution in [0.1, 0.15) is 45.6 Å². The van der Waals surface area contributed by atoms with E-state index in [2.05, 4.69) is 58.9 Å². The van der Waals surface area contributed by atoms with Crippen molar-refractivity contribution in [3.63, 3.8) is 0 Å². The molecule has 0 amide bonds. The van der Waals surface area contributed by atoms with Gasteiger partial charge in [-0.3, -0.25) is 0 Å². The van der Waals surface area contributed by atoms with Crippen LogP contribution in [0.25, 0.3) is 0 Å². The molecule has 18 heavy (non-hydrogen) atoms. The number of rotatable bonds is 5. The summed E-state index contributed by atoms with van der Waals surface area (Å²) in [6.45, 7) is 11.7.